The number of hydrogen-bond donors (Lipinski definition) is 0. The highest BCUT2D eigenvalue weighted by atomic mass is 32.1. The Bertz CT molecular complexity index is 621. The maximum atomic E-state index is 11.3. The number of thiazole rings is 1. The summed E-state index contributed by atoms with van der Waals surface area (Å²) in [6, 6.07) is 0. The first kappa shape index (κ1) is 13.4. The summed E-state index contributed by atoms with van der Waals surface area (Å²) in [5.74, 6) is 0.594. The van der Waals surface area contributed by atoms with E-state index in [0.29, 0.717) is 10.9 Å². The van der Waals surface area contributed by atoms with Crippen molar-refractivity contribution in [3.8, 4) is 5.88 Å². The lowest BCUT2D eigenvalue weighted by atomic mass is 9.85. The SMILES string of the molecule is CCC1CCCCC1Oc1nc2sccn2c1[N+](=O)[O-]. The summed E-state index contributed by atoms with van der Waals surface area (Å²) in [7, 11) is 0. The van der Waals surface area contributed by atoms with Crippen LogP contribution in [0.5, 0.6) is 5.88 Å². The van der Waals surface area contributed by atoms with Crippen LogP contribution in [0, 0.1) is 16.0 Å². The Labute approximate surface area is 120 Å². The average Bonchev–Trinajstić information content (AvgIpc) is 2.99. The molecule has 7 heteroatoms. The van der Waals surface area contributed by atoms with Crippen LogP contribution in [0.25, 0.3) is 4.96 Å². The first-order valence-electron chi connectivity index (χ1n) is 6.97. The Balaban J connectivity index is 1.91. The molecule has 0 N–H and O–H groups in total. The molecule has 0 bridgehead atoms. The third kappa shape index (κ3) is 2.26. The molecule has 0 saturated heterocycles. The molecular formula is C13H17N3O3S. The number of nitro groups is 1. The molecule has 1 aliphatic carbocycles. The maximum Gasteiger partial charge on any atom is 0.393 e. The molecular weight excluding hydrogens is 278 g/mol. The van der Waals surface area contributed by atoms with E-state index in [1.54, 1.807) is 11.6 Å². The van der Waals surface area contributed by atoms with E-state index in [1.807, 2.05) is 0 Å². The smallest absolute Gasteiger partial charge is 0.393 e. The molecule has 0 spiro atoms. The van der Waals surface area contributed by atoms with Gasteiger partial charge in [-0.25, -0.2) is 0 Å². The zero-order chi connectivity index (χ0) is 14.1. The number of nitrogens with zero attached hydrogens (tertiary/aromatic N) is 3. The monoisotopic (exact) mass is 295 g/mol. The van der Waals surface area contributed by atoms with Gasteiger partial charge in [-0.15, -0.1) is 0 Å². The Morgan fingerprint density at radius 1 is 1.55 bits per heavy atom. The molecule has 1 saturated carbocycles. The van der Waals surface area contributed by atoms with Crippen molar-refractivity contribution in [2.24, 2.45) is 5.92 Å². The van der Waals surface area contributed by atoms with E-state index in [-0.39, 0.29) is 17.8 Å². The molecule has 0 aromatic carbocycles. The van der Waals surface area contributed by atoms with Gasteiger partial charge < -0.3 is 14.9 Å². The zero-order valence-corrected chi connectivity index (χ0v) is 12.1. The number of hydrogen-bond acceptors (Lipinski definition) is 5. The normalized spacial score (nSPS) is 23.1. The van der Waals surface area contributed by atoms with Gasteiger partial charge in [0.1, 0.15) is 12.3 Å². The largest absolute Gasteiger partial charge is 0.468 e. The average molecular weight is 295 g/mol. The predicted octanol–water partition coefficient (Wildman–Crippen LogP) is 3.65. The highest BCUT2D eigenvalue weighted by Gasteiger charge is 2.31. The van der Waals surface area contributed by atoms with E-state index in [9.17, 15) is 10.1 Å². The second-order valence-electron chi connectivity index (χ2n) is 5.16. The molecule has 6 nitrogen and oxygen atoms in total. The fourth-order valence-electron chi connectivity index (χ4n) is 2.94. The van der Waals surface area contributed by atoms with Gasteiger partial charge in [-0.3, -0.25) is 0 Å². The lowest BCUT2D eigenvalue weighted by Gasteiger charge is -2.30. The van der Waals surface area contributed by atoms with Gasteiger partial charge in [0.05, 0.1) is 0 Å². The van der Waals surface area contributed by atoms with E-state index in [2.05, 4.69) is 11.9 Å². The van der Waals surface area contributed by atoms with Gasteiger partial charge in [0, 0.05) is 5.38 Å². The van der Waals surface area contributed by atoms with Crippen molar-refractivity contribution >= 4 is 22.1 Å². The quantitative estimate of drug-likeness (QED) is 0.637. The number of fused-ring (bicyclic) bond motifs is 1. The van der Waals surface area contributed by atoms with Crippen molar-refractivity contribution < 1.29 is 9.66 Å². The van der Waals surface area contributed by atoms with Crippen LogP contribution in [-0.4, -0.2) is 20.4 Å². The van der Waals surface area contributed by atoms with Gasteiger partial charge in [-0.1, -0.05) is 24.7 Å². The highest BCUT2D eigenvalue weighted by molar-refractivity contribution is 7.15. The maximum absolute atomic E-state index is 11.3. The van der Waals surface area contributed by atoms with Crippen molar-refractivity contribution in [3.05, 3.63) is 21.7 Å². The fourth-order valence-corrected chi connectivity index (χ4v) is 3.64. The second-order valence-corrected chi connectivity index (χ2v) is 6.04. The van der Waals surface area contributed by atoms with Crippen molar-refractivity contribution in [1.29, 1.82) is 0 Å². The molecule has 0 radical (unpaired) electrons. The molecule has 3 rings (SSSR count). The van der Waals surface area contributed by atoms with E-state index in [4.69, 9.17) is 4.74 Å². The third-order valence-electron chi connectivity index (χ3n) is 4.01. The molecule has 1 fully saturated rings. The summed E-state index contributed by atoms with van der Waals surface area (Å²) in [4.78, 5) is 15.7. The Morgan fingerprint density at radius 2 is 2.35 bits per heavy atom. The van der Waals surface area contributed by atoms with Crippen LogP contribution in [0.2, 0.25) is 0 Å². The topological polar surface area (TPSA) is 69.7 Å². The predicted molar refractivity (Wildman–Crippen MR) is 76.4 cm³/mol. The van der Waals surface area contributed by atoms with Gasteiger partial charge >= 0.3 is 11.7 Å². The Hall–Kier alpha value is -1.63. The van der Waals surface area contributed by atoms with Crippen molar-refractivity contribution in [1.82, 2.24) is 9.38 Å². The summed E-state index contributed by atoms with van der Waals surface area (Å²) >= 11 is 1.38. The van der Waals surface area contributed by atoms with Gasteiger partial charge in [0.15, 0.2) is 0 Å². The first-order chi connectivity index (χ1) is 9.70. The van der Waals surface area contributed by atoms with Crippen LogP contribution >= 0.6 is 11.3 Å². The minimum absolute atomic E-state index is 0.0528. The molecule has 0 aliphatic heterocycles. The highest BCUT2D eigenvalue weighted by Crippen LogP contribution is 2.35. The molecule has 1 aliphatic rings. The van der Waals surface area contributed by atoms with Crippen LogP contribution in [0.15, 0.2) is 11.6 Å². The molecule has 2 aromatic heterocycles. The van der Waals surface area contributed by atoms with Gasteiger partial charge in [0.2, 0.25) is 0 Å². The first-order valence-corrected chi connectivity index (χ1v) is 7.85. The summed E-state index contributed by atoms with van der Waals surface area (Å²) < 4.78 is 7.42. The number of imidazole rings is 1. The molecule has 2 aromatic rings. The summed E-state index contributed by atoms with van der Waals surface area (Å²) in [5.41, 5.74) is 0. The third-order valence-corrected chi connectivity index (χ3v) is 4.76. The molecule has 2 unspecified atom stereocenters. The summed E-state index contributed by atoms with van der Waals surface area (Å²) in [5, 5.41) is 13.0. The molecule has 2 heterocycles. The fraction of sp³-hybridized carbons (Fsp3) is 0.615. The lowest BCUT2D eigenvalue weighted by Crippen LogP contribution is -2.30. The zero-order valence-electron chi connectivity index (χ0n) is 11.3. The van der Waals surface area contributed by atoms with Crippen molar-refractivity contribution in [2.45, 2.75) is 45.1 Å². The van der Waals surface area contributed by atoms with E-state index in [0.717, 1.165) is 25.7 Å². The number of aromatic nitrogens is 2. The standard InChI is InChI=1S/C13H17N3O3S/c1-2-9-5-3-4-6-10(9)19-11-12(16(17)18)15-7-8-20-13(15)14-11/h7-10H,2-6H2,1H3. The van der Waals surface area contributed by atoms with E-state index >= 15 is 0 Å². The van der Waals surface area contributed by atoms with Gasteiger partial charge in [0.25, 0.3) is 4.96 Å². The molecule has 108 valence electrons. The van der Waals surface area contributed by atoms with Crippen LogP contribution in [0.1, 0.15) is 39.0 Å². The molecule has 0 amide bonds. The van der Waals surface area contributed by atoms with E-state index in [1.165, 1.54) is 22.2 Å². The summed E-state index contributed by atoms with van der Waals surface area (Å²) in [6.45, 7) is 2.15. The summed E-state index contributed by atoms with van der Waals surface area (Å²) in [6.07, 6.45) is 7.20. The van der Waals surface area contributed by atoms with Crippen LogP contribution in [0.3, 0.4) is 0 Å². The molecule has 20 heavy (non-hydrogen) atoms. The lowest BCUT2D eigenvalue weighted by molar-refractivity contribution is -0.391. The van der Waals surface area contributed by atoms with Crippen LogP contribution in [0.4, 0.5) is 5.82 Å². The van der Waals surface area contributed by atoms with Gasteiger partial charge in [-0.05, 0) is 36.5 Å². The Morgan fingerprint density at radius 3 is 3.10 bits per heavy atom. The van der Waals surface area contributed by atoms with Crippen molar-refractivity contribution in [3.63, 3.8) is 0 Å². The van der Waals surface area contributed by atoms with Crippen molar-refractivity contribution in [2.75, 3.05) is 0 Å². The van der Waals surface area contributed by atoms with Gasteiger partial charge in [-0.2, -0.15) is 9.38 Å². The number of ether oxygens (including phenoxy) is 1. The number of rotatable bonds is 4. The Kier molecular flexibility index (Phi) is 3.60. The van der Waals surface area contributed by atoms with Crippen LogP contribution in [-0.2, 0) is 0 Å². The molecule has 2 atom stereocenters. The second kappa shape index (κ2) is 5.40. The minimum Gasteiger partial charge on any atom is -0.468 e. The van der Waals surface area contributed by atoms with E-state index < -0.39 is 4.92 Å². The van der Waals surface area contributed by atoms with Crippen LogP contribution < -0.4 is 4.74 Å². The minimum atomic E-state index is -0.411.